The average molecular weight is 407 g/mol. The molecule has 6 nitrogen and oxygen atoms in total. The fraction of sp³-hybridized carbons (Fsp3) is 0.542. The summed E-state index contributed by atoms with van der Waals surface area (Å²) in [6.45, 7) is 0.719. The molecule has 0 radical (unpaired) electrons. The molecule has 2 aliphatic heterocycles. The van der Waals surface area contributed by atoms with Crippen LogP contribution in [0.15, 0.2) is 30.3 Å². The van der Waals surface area contributed by atoms with Crippen LogP contribution in [-0.4, -0.2) is 45.4 Å². The van der Waals surface area contributed by atoms with Gasteiger partial charge in [-0.05, 0) is 31.6 Å². The normalized spacial score (nSPS) is 23.3. The van der Waals surface area contributed by atoms with Crippen molar-refractivity contribution < 1.29 is 9.59 Å². The summed E-state index contributed by atoms with van der Waals surface area (Å²) in [5, 5.41) is 2.75. The van der Waals surface area contributed by atoms with Crippen molar-refractivity contribution in [2.75, 3.05) is 7.05 Å². The Morgan fingerprint density at radius 1 is 1.07 bits per heavy atom. The zero-order chi connectivity index (χ0) is 20.7. The summed E-state index contributed by atoms with van der Waals surface area (Å²) in [4.78, 5) is 32.9. The van der Waals surface area contributed by atoms with Gasteiger partial charge in [0, 0.05) is 38.0 Å². The van der Waals surface area contributed by atoms with Crippen LogP contribution in [0.5, 0.6) is 0 Å². The van der Waals surface area contributed by atoms with Gasteiger partial charge in [-0.25, -0.2) is 4.98 Å². The monoisotopic (exact) mass is 406 g/mol. The topological polar surface area (TPSA) is 67.2 Å². The lowest BCUT2D eigenvalue weighted by molar-refractivity contribution is -0.135. The lowest BCUT2D eigenvalue weighted by Gasteiger charge is -2.29. The van der Waals surface area contributed by atoms with Gasteiger partial charge >= 0.3 is 0 Å². The van der Waals surface area contributed by atoms with Crippen LogP contribution in [0.3, 0.4) is 0 Å². The van der Waals surface area contributed by atoms with Gasteiger partial charge in [0.05, 0.1) is 11.7 Å². The highest BCUT2D eigenvalue weighted by atomic mass is 16.2. The molecule has 0 spiro atoms. The molecule has 1 aromatic heterocycles. The first-order chi connectivity index (χ1) is 14.7. The molecule has 1 aliphatic carbocycles. The predicted octanol–water partition coefficient (Wildman–Crippen LogP) is 3.41. The minimum atomic E-state index is -0.150. The van der Waals surface area contributed by atoms with E-state index in [4.69, 9.17) is 4.98 Å². The van der Waals surface area contributed by atoms with E-state index < -0.39 is 0 Å². The van der Waals surface area contributed by atoms with Gasteiger partial charge < -0.3 is 14.8 Å². The number of aromatic nitrogens is 2. The van der Waals surface area contributed by atoms with Gasteiger partial charge in [-0.2, -0.15) is 0 Å². The molecule has 1 saturated carbocycles. The number of amides is 2. The van der Waals surface area contributed by atoms with Crippen molar-refractivity contribution in [1.82, 2.24) is 19.8 Å². The minimum Gasteiger partial charge on any atom is -0.354 e. The van der Waals surface area contributed by atoms with Crippen molar-refractivity contribution in [2.24, 2.45) is 5.92 Å². The zero-order valence-electron chi connectivity index (χ0n) is 17.6. The number of nitrogens with zero attached hydrogens (tertiary/aromatic N) is 3. The zero-order valence-corrected chi connectivity index (χ0v) is 17.6. The van der Waals surface area contributed by atoms with Crippen molar-refractivity contribution in [1.29, 1.82) is 0 Å². The number of rotatable bonds is 4. The summed E-state index contributed by atoms with van der Waals surface area (Å²) < 4.78 is 2.21. The second kappa shape index (κ2) is 7.89. The van der Waals surface area contributed by atoms with Gasteiger partial charge in [0.15, 0.2) is 0 Å². The number of hydrogen-bond acceptors (Lipinski definition) is 3. The third-order valence-electron chi connectivity index (χ3n) is 7.21. The van der Waals surface area contributed by atoms with Gasteiger partial charge in [-0.15, -0.1) is 0 Å². The van der Waals surface area contributed by atoms with Gasteiger partial charge in [-0.1, -0.05) is 43.2 Å². The molecule has 3 aliphatic rings. The number of nitrogens with one attached hydrogen (secondary N) is 1. The van der Waals surface area contributed by atoms with E-state index in [0.29, 0.717) is 30.4 Å². The van der Waals surface area contributed by atoms with Crippen LogP contribution < -0.4 is 5.32 Å². The molecule has 6 heteroatoms. The van der Waals surface area contributed by atoms with Crippen LogP contribution in [0.25, 0.3) is 11.4 Å². The Morgan fingerprint density at radius 3 is 2.53 bits per heavy atom. The van der Waals surface area contributed by atoms with Gasteiger partial charge in [-0.3, -0.25) is 9.59 Å². The minimum absolute atomic E-state index is 0.150. The van der Waals surface area contributed by atoms with Crippen LogP contribution in [0.4, 0.5) is 0 Å². The quantitative estimate of drug-likeness (QED) is 0.846. The Labute approximate surface area is 177 Å². The molecule has 2 aromatic rings. The second-order valence-electron chi connectivity index (χ2n) is 9.03. The van der Waals surface area contributed by atoms with Crippen molar-refractivity contribution >= 4 is 11.8 Å². The Hall–Kier alpha value is -2.63. The molecule has 2 bridgehead atoms. The van der Waals surface area contributed by atoms with E-state index in [1.54, 1.807) is 7.05 Å². The number of hydrogen-bond donors (Lipinski definition) is 1. The molecular weight excluding hydrogens is 376 g/mol. The van der Waals surface area contributed by atoms with E-state index in [1.165, 1.54) is 25.7 Å². The highest BCUT2D eigenvalue weighted by Gasteiger charge is 2.42. The Kier molecular flexibility index (Phi) is 5.09. The second-order valence-corrected chi connectivity index (χ2v) is 9.03. The van der Waals surface area contributed by atoms with Gasteiger partial charge in [0.1, 0.15) is 11.5 Å². The van der Waals surface area contributed by atoms with Crippen LogP contribution >= 0.6 is 0 Å². The molecule has 2 amide bonds. The predicted molar refractivity (Wildman–Crippen MR) is 115 cm³/mol. The molecule has 158 valence electrons. The SMILES string of the molecule is CNC(=O)c1nc(-c2ccccc2)n2c1C[C@@H]1CC[C@H](C2)N1C(=O)CC1CCCC1. The summed E-state index contributed by atoms with van der Waals surface area (Å²) in [5.74, 6) is 1.56. The fourth-order valence-electron chi connectivity index (χ4n) is 5.75. The summed E-state index contributed by atoms with van der Waals surface area (Å²) in [6, 6.07) is 10.4. The van der Waals surface area contributed by atoms with Crippen molar-refractivity contribution in [3.8, 4) is 11.4 Å². The van der Waals surface area contributed by atoms with E-state index in [-0.39, 0.29) is 18.0 Å². The number of benzene rings is 1. The third kappa shape index (κ3) is 3.32. The average Bonchev–Trinajstić information content (AvgIpc) is 3.46. The third-order valence-corrected chi connectivity index (χ3v) is 7.21. The highest BCUT2D eigenvalue weighted by molar-refractivity contribution is 5.94. The number of carbonyl (C=O) groups is 2. The first-order valence-electron chi connectivity index (χ1n) is 11.3. The lowest BCUT2D eigenvalue weighted by Crippen LogP contribution is -2.42. The Bertz CT molecular complexity index is 946. The first kappa shape index (κ1) is 19.3. The van der Waals surface area contributed by atoms with Crippen LogP contribution in [-0.2, 0) is 17.8 Å². The van der Waals surface area contributed by atoms with Crippen molar-refractivity contribution in [3.63, 3.8) is 0 Å². The molecular formula is C24H30N4O2. The molecule has 0 unspecified atom stereocenters. The summed E-state index contributed by atoms with van der Waals surface area (Å²) in [5.41, 5.74) is 2.49. The smallest absolute Gasteiger partial charge is 0.271 e. The lowest BCUT2D eigenvalue weighted by atomic mass is 10.0. The van der Waals surface area contributed by atoms with Gasteiger partial charge in [0.25, 0.3) is 5.91 Å². The largest absolute Gasteiger partial charge is 0.354 e. The van der Waals surface area contributed by atoms with Crippen molar-refractivity contribution in [2.45, 2.75) is 70.0 Å². The Balaban J connectivity index is 1.50. The highest BCUT2D eigenvalue weighted by Crippen LogP contribution is 2.37. The molecule has 2 fully saturated rings. The molecule has 3 heterocycles. The molecule has 1 N–H and O–H groups in total. The van der Waals surface area contributed by atoms with Gasteiger partial charge in [0.2, 0.25) is 5.91 Å². The standard InChI is InChI=1S/C24H30N4O2/c1-25-24(30)22-20-14-18-11-12-19(28(18)21(29)13-16-7-5-6-8-16)15-27(20)23(26-22)17-9-3-2-4-10-17/h2-4,9-10,16,18-19H,5-8,11-15H2,1H3,(H,25,30)/t18-,19+/m0/s1. The van der Waals surface area contributed by atoms with E-state index in [9.17, 15) is 9.59 Å². The number of imidazole rings is 1. The van der Waals surface area contributed by atoms with Crippen LogP contribution in [0.1, 0.15) is 61.1 Å². The van der Waals surface area contributed by atoms with Crippen LogP contribution in [0.2, 0.25) is 0 Å². The fourth-order valence-corrected chi connectivity index (χ4v) is 5.75. The number of carbonyl (C=O) groups excluding carboxylic acids is 2. The first-order valence-corrected chi connectivity index (χ1v) is 11.3. The molecule has 5 rings (SSSR count). The maximum atomic E-state index is 13.3. The summed E-state index contributed by atoms with van der Waals surface area (Å²) in [7, 11) is 1.65. The molecule has 1 aromatic carbocycles. The van der Waals surface area contributed by atoms with E-state index in [1.807, 2.05) is 30.3 Å². The summed E-state index contributed by atoms with van der Waals surface area (Å²) >= 11 is 0. The van der Waals surface area contributed by atoms with Crippen LogP contribution in [0, 0.1) is 5.92 Å². The molecule has 30 heavy (non-hydrogen) atoms. The Morgan fingerprint density at radius 2 is 1.80 bits per heavy atom. The number of fused-ring (bicyclic) bond motifs is 3. The van der Waals surface area contributed by atoms with E-state index in [2.05, 4.69) is 14.8 Å². The summed E-state index contributed by atoms with van der Waals surface area (Å²) in [6.07, 6.45) is 8.34. The van der Waals surface area contributed by atoms with Crippen molar-refractivity contribution in [3.05, 3.63) is 41.7 Å². The molecule has 2 atom stereocenters. The molecule has 1 saturated heterocycles. The van der Waals surface area contributed by atoms with E-state index >= 15 is 0 Å². The van der Waals surface area contributed by atoms with E-state index in [0.717, 1.165) is 36.5 Å². The maximum absolute atomic E-state index is 13.3. The maximum Gasteiger partial charge on any atom is 0.271 e.